The largest absolute Gasteiger partial charge is 0.475 e. The molecular formula is C102H169N2O19P. The quantitative estimate of drug-likeness (QED) is 0.0205. The lowest BCUT2D eigenvalue weighted by Gasteiger charge is -2.46. The number of esters is 5. The van der Waals surface area contributed by atoms with Crippen molar-refractivity contribution >= 4 is 49.5 Å². The molecule has 9 atom stereocenters. The van der Waals surface area contributed by atoms with Gasteiger partial charge in [0.1, 0.15) is 43.2 Å². The molecule has 0 aliphatic carbocycles. The molecule has 3 aromatic carbocycles. The molecule has 3 N–H and O–H groups in total. The first kappa shape index (κ1) is 110. The van der Waals surface area contributed by atoms with Crippen molar-refractivity contribution in [3.8, 4) is 0 Å². The highest BCUT2D eigenvalue weighted by atomic mass is 31.2. The van der Waals surface area contributed by atoms with Crippen molar-refractivity contribution in [2.75, 3.05) is 13.2 Å². The van der Waals surface area contributed by atoms with E-state index in [-0.39, 0.29) is 51.9 Å². The number of ether oxygens (including phenoxy) is 7. The van der Waals surface area contributed by atoms with Gasteiger partial charge < -0.3 is 48.9 Å². The molecule has 1 aliphatic rings. The lowest BCUT2D eigenvalue weighted by Crippen LogP contribution is -2.67. The summed E-state index contributed by atoms with van der Waals surface area (Å²) in [5.41, 5.74) is 1.83. The lowest BCUT2D eigenvalue weighted by atomic mass is 9.95. The van der Waals surface area contributed by atoms with Gasteiger partial charge in [-0.2, -0.15) is 0 Å². The highest BCUT2D eigenvalue weighted by Gasteiger charge is 2.54. The maximum absolute atomic E-state index is 15.9. The lowest BCUT2D eigenvalue weighted by molar-refractivity contribution is -0.273. The molecule has 4 rings (SSSR count). The number of amides is 2. The fraction of sp³-hybridized carbons (Fsp3) is 0.755. The fourth-order valence-electron chi connectivity index (χ4n) is 15.9. The maximum atomic E-state index is 15.9. The van der Waals surface area contributed by atoms with Gasteiger partial charge in [-0.15, -0.1) is 0 Å². The Morgan fingerprint density at radius 2 is 0.694 bits per heavy atom. The van der Waals surface area contributed by atoms with Gasteiger partial charge in [0.2, 0.25) is 11.8 Å². The second-order valence-electron chi connectivity index (χ2n) is 34.8. The number of aliphatic hydroxyl groups excluding tert-OH is 1. The number of nitrogens with one attached hydrogen (secondary N) is 2. The van der Waals surface area contributed by atoms with E-state index in [9.17, 15) is 29.1 Å². The number of rotatable bonds is 81. The van der Waals surface area contributed by atoms with E-state index in [4.69, 9.17) is 46.7 Å². The third kappa shape index (κ3) is 55.0. The molecule has 0 saturated carbocycles. The molecule has 21 nitrogen and oxygen atoms in total. The van der Waals surface area contributed by atoms with Crippen molar-refractivity contribution in [3.63, 3.8) is 0 Å². The van der Waals surface area contributed by atoms with Crippen LogP contribution in [-0.2, 0) is 105 Å². The number of hydrogen-bond donors (Lipinski definition) is 3. The van der Waals surface area contributed by atoms with Gasteiger partial charge in [0.25, 0.3) is 0 Å². The summed E-state index contributed by atoms with van der Waals surface area (Å²) >= 11 is 0. The molecule has 0 spiro atoms. The van der Waals surface area contributed by atoms with E-state index in [2.05, 4.69) is 52.2 Å². The summed E-state index contributed by atoms with van der Waals surface area (Å²) < 4.78 is 80.1. The first-order chi connectivity index (χ1) is 60.5. The highest BCUT2D eigenvalue weighted by molar-refractivity contribution is 7.48. The smallest absolute Gasteiger partial charge is 0.462 e. The van der Waals surface area contributed by atoms with Crippen LogP contribution in [0.2, 0.25) is 0 Å². The average Bonchev–Trinajstić information content (AvgIpc) is 0.773. The summed E-state index contributed by atoms with van der Waals surface area (Å²) in [6, 6.07) is 23.5. The third-order valence-electron chi connectivity index (χ3n) is 23.4. The van der Waals surface area contributed by atoms with Gasteiger partial charge >= 0.3 is 37.7 Å². The number of hydrogen-bond acceptors (Lipinski definition) is 19. The molecule has 1 fully saturated rings. The predicted molar refractivity (Wildman–Crippen MR) is 493 cm³/mol. The van der Waals surface area contributed by atoms with Crippen molar-refractivity contribution in [1.29, 1.82) is 0 Å². The van der Waals surface area contributed by atoms with E-state index < -0.39 is 124 Å². The first-order valence-corrected chi connectivity index (χ1v) is 51.1. The van der Waals surface area contributed by atoms with E-state index >= 15 is 14.2 Å². The number of phosphoric ester groups is 1. The molecule has 0 bridgehead atoms. The molecule has 0 radical (unpaired) electrons. The topological polar surface area (TPSA) is 273 Å². The van der Waals surface area contributed by atoms with Gasteiger partial charge in [-0.1, -0.05) is 402 Å². The van der Waals surface area contributed by atoms with Crippen LogP contribution >= 0.6 is 7.82 Å². The molecule has 1 heterocycles. The van der Waals surface area contributed by atoms with Gasteiger partial charge in [0.15, 0.2) is 18.4 Å². The Hall–Kier alpha value is -6.06. The van der Waals surface area contributed by atoms with E-state index in [1.54, 1.807) is 72.8 Å². The second kappa shape index (κ2) is 73.8. The fourth-order valence-corrected chi connectivity index (χ4v) is 17.2. The second-order valence-corrected chi connectivity index (χ2v) is 36.4. The van der Waals surface area contributed by atoms with Gasteiger partial charge in [-0.3, -0.25) is 42.3 Å². The molecule has 2 amide bonds. The molecule has 706 valence electrons. The van der Waals surface area contributed by atoms with Crippen molar-refractivity contribution in [1.82, 2.24) is 10.6 Å². The van der Waals surface area contributed by atoms with Gasteiger partial charge in [0.05, 0.1) is 45.7 Å². The molecule has 0 unspecified atom stereocenters. The number of carbonyl (C=O) groups is 7. The van der Waals surface area contributed by atoms with Crippen LogP contribution in [0.5, 0.6) is 0 Å². The average molecular weight is 1760 g/mol. The van der Waals surface area contributed by atoms with Crippen LogP contribution in [0.1, 0.15) is 424 Å². The Kier molecular flexibility index (Phi) is 65.6. The number of carbonyl (C=O) groups excluding carboxylic acids is 7. The van der Waals surface area contributed by atoms with Crippen LogP contribution in [0.4, 0.5) is 0 Å². The first-order valence-electron chi connectivity index (χ1n) is 49.7. The van der Waals surface area contributed by atoms with Crippen molar-refractivity contribution in [3.05, 3.63) is 108 Å². The van der Waals surface area contributed by atoms with Crippen LogP contribution in [0, 0.1) is 0 Å². The number of unbranched alkanes of at least 4 members (excludes halogenated alkanes) is 42. The molecule has 22 heteroatoms. The van der Waals surface area contributed by atoms with Crippen molar-refractivity contribution in [2.45, 2.75) is 482 Å². The summed E-state index contributed by atoms with van der Waals surface area (Å²) in [5, 5.41) is 17.7. The van der Waals surface area contributed by atoms with Gasteiger partial charge in [0, 0.05) is 19.3 Å². The van der Waals surface area contributed by atoms with Crippen LogP contribution in [0.15, 0.2) is 91.0 Å². The molecule has 3 aromatic rings. The molecule has 124 heavy (non-hydrogen) atoms. The molecular weight excluding hydrogens is 1590 g/mol. The Labute approximate surface area is 749 Å². The Morgan fingerprint density at radius 1 is 0.379 bits per heavy atom. The van der Waals surface area contributed by atoms with Crippen LogP contribution in [0.3, 0.4) is 0 Å². The number of benzene rings is 3. The number of phosphoric acid groups is 1. The molecule has 1 saturated heterocycles. The summed E-state index contributed by atoms with van der Waals surface area (Å²) in [6.07, 6.45) is 39.3. The number of aliphatic hydroxyl groups is 1. The minimum Gasteiger partial charge on any atom is -0.462 e. The van der Waals surface area contributed by atoms with Gasteiger partial charge in [-0.25, -0.2) is 9.36 Å². The zero-order valence-corrected chi connectivity index (χ0v) is 78.8. The maximum Gasteiger partial charge on any atom is 0.475 e. The van der Waals surface area contributed by atoms with Crippen LogP contribution in [0.25, 0.3) is 0 Å². The Bertz CT molecular complexity index is 3160. The van der Waals surface area contributed by atoms with E-state index in [0.29, 0.717) is 74.5 Å². The zero-order valence-electron chi connectivity index (χ0n) is 77.9. The Morgan fingerprint density at radius 3 is 1.04 bits per heavy atom. The van der Waals surface area contributed by atoms with E-state index in [1.165, 1.54) is 57.8 Å². The summed E-state index contributed by atoms with van der Waals surface area (Å²) in [6.45, 7) is 10.6. The van der Waals surface area contributed by atoms with E-state index in [0.717, 1.165) is 212 Å². The monoisotopic (exact) mass is 1760 g/mol. The molecule has 1 aliphatic heterocycles. The normalized spacial score (nSPS) is 16.2. The predicted octanol–water partition coefficient (Wildman–Crippen LogP) is 25.4. The Balaban J connectivity index is 1.93. The SMILES string of the molecule is CCCCCCCCCCC[C@H](CC(=O)N[C@H]1[C@H](OC[C@H](NC(=O)C[C@@H](CCCCCCCCCCC)OC(=O)CCCCCCCCC)C(=O)OCc2ccccc2)O[C@H](CO)[C@@H](OP(=O)(OCc2ccccc2)OCc2ccccc2)[C@@H]1OC(=O)C[C@@H](CCCCCCCCCCC)OC(=O)CCCCCCCCC)OC(=O)CCCCCCCCC. The summed E-state index contributed by atoms with van der Waals surface area (Å²) in [5.74, 6) is -4.53. The minimum absolute atomic E-state index is 0.141. The third-order valence-corrected chi connectivity index (χ3v) is 24.8. The zero-order chi connectivity index (χ0) is 89.4. The van der Waals surface area contributed by atoms with E-state index in [1.807, 2.05) is 18.2 Å². The molecule has 0 aromatic heterocycles. The highest BCUT2D eigenvalue weighted by Crippen LogP contribution is 2.54. The van der Waals surface area contributed by atoms with Gasteiger partial charge in [-0.05, 0) is 74.5 Å². The summed E-state index contributed by atoms with van der Waals surface area (Å²) in [4.78, 5) is 103. The van der Waals surface area contributed by atoms with Crippen molar-refractivity contribution in [2.24, 2.45) is 0 Å². The van der Waals surface area contributed by atoms with Crippen LogP contribution < -0.4 is 10.6 Å². The van der Waals surface area contributed by atoms with Crippen molar-refractivity contribution < 1.29 is 90.0 Å². The standard InChI is InChI=1S/C102H169N2O19P/c1-7-13-19-25-31-34-40-43-58-70-87(118-94(108)73-61-46-37-28-22-16-10-4)76-92(106)103-90(101(112)114-80-84-64-52-49-53-65-84)83-115-102-98(104-93(107)77-88(71-59-44-41-35-32-26-20-14-8-2)119-95(109)74-62-47-38-29-23-17-11-5)100(99(91(79-105)121-102)123-124(113,116-81-85-66-54-50-55-67-85)117-82-86-68-56-51-57-69-86)122-97(111)78-89(72-60-45-42-36-33-27-21-15-9-3)120-96(110)75-63-48-39-30-24-18-12-6/h49-57,64-69,87-91,98-100,102,105H,7-48,58-63,70-83H2,1-6H3,(H,103,106)(H,104,107)/t87-,88-,89-,90+,91-,98-,99-,100-,102-/m1/s1. The summed E-state index contributed by atoms with van der Waals surface area (Å²) in [7, 11) is -4.97. The van der Waals surface area contributed by atoms with Crippen LogP contribution in [-0.4, -0.2) is 115 Å². The minimum atomic E-state index is -4.97.